The van der Waals surface area contributed by atoms with Crippen LogP contribution in [-0.2, 0) is 14.3 Å². The van der Waals surface area contributed by atoms with Crippen LogP contribution in [0, 0.1) is 0 Å². The summed E-state index contributed by atoms with van der Waals surface area (Å²) in [5.41, 5.74) is 0. The highest BCUT2D eigenvalue weighted by atomic mass is 16.5. The van der Waals surface area contributed by atoms with E-state index < -0.39 is 11.9 Å². The van der Waals surface area contributed by atoms with E-state index in [0.29, 0.717) is 6.61 Å². The number of hydrogen-bond donors (Lipinski definition) is 2. The summed E-state index contributed by atoms with van der Waals surface area (Å²) in [6, 6.07) is 0. The van der Waals surface area contributed by atoms with Crippen LogP contribution in [0.5, 0.6) is 0 Å². The van der Waals surface area contributed by atoms with Gasteiger partial charge < -0.3 is 19.7 Å². The molecule has 0 aliphatic rings. The number of ether oxygens (including phenoxy) is 2. The van der Waals surface area contributed by atoms with Crippen LogP contribution >= 0.6 is 0 Å². The fourth-order valence-electron chi connectivity index (χ4n) is 0.698. The predicted molar refractivity (Wildman–Crippen MR) is 49.9 cm³/mol. The topological polar surface area (TPSA) is 76.0 Å². The molecule has 0 radical (unpaired) electrons. The highest BCUT2D eigenvalue weighted by molar-refractivity contribution is 5.92. The van der Waals surface area contributed by atoms with Gasteiger partial charge in [0.15, 0.2) is 5.78 Å². The number of hydrogen-bond acceptors (Lipinski definition) is 5. The van der Waals surface area contributed by atoms with Crippen LogP contribution in [0.4, 0.5) is 0 Å². The fraction of sp³-hybridized carbons (Fsp3) is 0.667. The molecule has 5 nitrogen and oxygen atoms in total. The lowest BCUT2D eigenvalue weighted by Crippen LogP contribution is -2.25. The summed E-state index contributed by atoms with van der Waals surface area (Å²) in [5.74, 6) is -0.457. The summed E-state index contributed by atoms with van der Waals surface area (Å²) in [5, 5.41) is 17.4. The SMILES string of the molecule is C=CC(=O)C(O)COCCOCCO. The molecule has 1 atom stereocenters. The largest absolute Gasteiger partial charge is 0.394 e. The quantitative estimate of drug-likeness (QED) is 0.377. The van der Waals surface area contributed by atoms with Gasteiger partial charge in [-0.15, -0.1) is 0 Å². The second-order valence-electron chi connectivity index (χ2n) is 2.53. The number of aliphatic hydroxyl groups excluding tert-OH is 2. The monoisotopic (exact) mass is 204 g/mol. The minimum atomic E-state index is -1.15. The first-order chi connectivity index (χ1) is 6.72. The molecule has 0 saturated heterocycles. The number of carbonyl (C=O) groups excluding carboxylic acids is 1. The van der Waals surface area contributed by atoms with Crippen molar-refractivity contribution >= 4 is 5.78 Å². The van der Waals surface area contributed by atoms with Crippen LogP contribution in [0.3, 0.4) is 0 Å². The van der Waals surface area contributed by atoms with Gasteiger partial charge in [0.05, 0.1) is 33.0 Å². The zero-order valence-electron chi connectivity index (χ0n) is 8.02. The van der Waals surface area contributed by atoms with E-state index in [1.165, 1.54) is 0 Å². The molecule has 1 unspecified atom stereocenters. The van der Waals surface area contributed by atoms with E-state index in [1.807, 2.05) is 0 Å². The summed E-state index contributed by atoms with van der Waals surface area (Å²) in [6.45, 7) is 4.01. The maximum absolute atomic E-state index is 10.8. The molecule has 0 rings (SSSR count). The van der Waals surface area contributed by atoms with Gasteiger partial charge in [-0.3, -0.25) is 4.79 Å². The Morgan fingerprint density at radius 3 is 2.57 bits per heavy atom. The molecule has 0 aromatic rings. The van der Waals surface area contributed by atoms with Crippen molar-refractivity contribution in [3.05, 3.63) is 12.7 Å². The average Bonchev–Trinajstić information content (AvgIpc) is 2.21. The van der Waals surface area contributed by atoms with E-state index in [4.69, 9.17) is 19.7 Å². The predicted octanol–water partition coefficient (Wildman–Crippen LogP) is -0.872. The first-order valence-corrected chi connectivity index (χ1v) is 4.33. The third-order valence-electron chi connectivity index (χ3n) is 1.41. The molecule has 0 heterocycles. The lowest BCUT2D eigenvalue weighted by atomic mass is 10.2. The van der Waals surface area contributed by atoms with Crippen LogP contribution in [0.2, 0.25) is 0 Å². The van der Waals surface area contributed by atoms with E-state index in [-0.39, 0.29) is 26.4 Å². The van der Waals surface area contributed by atoms with E-state index in [1.54, 1.807) is 0 Å². The van der Waals surface area contributed by atoms with Crippen molar-refractivity contribution in [1.29, 1.82) is 0 Å². The van der Waals surface area contributed by atoms with Crippen molar-refractivity contribution in [2.45, 2.75) is 6.10 Å². The Labute approximate surface area is 82.9 Å². The van der Waals surface area contributed by atoms with Gasteiger partial charge in [0.2, 0.25) is 0 Å². The molecule has 0 aliphatic heterocycles. The number of ketones is 1. The van der Waals surface area contributed by atoms with Gasteiger partial charge in [0, 0.05) is 0 Å². The molecule has 2 N–H and O–H groups in total. The van der Waals surface area contributed by atoms with Gasteiger partial charge in [0.1, 0.15) is 6.10 Å². The maximum atomic E-state index is 10.8. The zero-order chi connectivity index (χ0) is 10.8. The molecule has 82 valence electrons. The second kappa shape index (κ2) is 8.83. The summed E-state index contributed by atoms with van der Waals surface area (Å²) >= 11 is 0. The van der Waals surface area contributed by atoms with Gasteiger partial charge >= 0.3 is 0 Å². The maximum Gasteiger partial charge on any atom is 0.185 e. The van der Waals surface area contributed by atoms with Gasteiger partial charge in [-0.05, 0) is 6.08 Å². The number of aliphatic hydroxyl groups is 2. The van der Waals surface area contributed by atoms with Crippen molar-refractivity contribution in [2.24, 2.45) is 0 Å². The van der Waals surface area contributed by atoms with Gasteiger partial charge in [-0.1, -0.05) is 6.58 Å². The normalized spacial score (nSPS) is 12.4. The van der Waals surface area contributed by atoms with Crippen molar-refractivity contribution in [1.82, 2.24) is 0 Å². The van der Waals surface area contributed by atoms with Crippen LogP contribution < -0.4 is 0 Å². The average molecular weight is 204 g/mol. The summed E-state index contributed by atoms with van der Waals surface area (Å²) < 4.78 is 9.83. The Balaban J connectivity index is 3.27. The Morgan fingerprint density at radius 1 is 1.36 bits per heavy atom. The van der Waals surface area contributed by atoms with E-state index in [2.05, 4.69) is 6.58 Å². The summed E-state index contributed by atoms with van der Waals surface area (Å²) in [4.78, 5) is 10.8. The molecule has 0 bridgehead atoms. The molecule has 0 spiro atoms. The van der Waals surface area contributed by atoms with Crippen LogP contribution in [-0.4, -0.2) is 55.1 Å². The third-order valence-corrected chi connectivity index (χ3v) is 1.41. The summed E-state index contributed by atoms with van der Waals surface area (Å²) in [6.07, 6.45) is -0.0960. The lowest BCUT2D eigenvalue weighted by Gasteiger charge is -2.08. The van der Waals surface area contributed by atoms with Crippen LogP contribution in [0.1, 0.15) is 0 Å². The standard InChI is InChI=1S/C9H16O5/c1-2-8(11)9(12)7-14-6-5-13-4-3-10/h2,9-10,12H,1,3-7H2. The molecule has 0 aromatic heterocycles. The molecular weight excluding hydrogens is 188 g/mol. The van der Waals surface area contributed by atoms with E-state index in [0.717, 1.165) is 6.08 Å². The molecule has 0 amide bonds. The van der Waals surface area contributed by atoms with Gasteiger partial charge in [-0.25, -0.2) is 0 Å². The number of rotatable bonds is 9. The van der Waals surface area contributed by atoms with Gasteiger partial charge in [-0.2, -0.15) is 0 Å². The van der Waals surface area contributed by atoms with Crippen molar-refractivity contribution < 1.29 is 24.5 Å². The highest BCUT2D eigenvalue weighted by Gasteiger charge is 2.10. The Morgan fingerprint density at radius 2 is 2.00 bits per heavy atom. The first-order valence-electron chi connectivity index (χ1n) is 4.33. The smallest absolute Gasteiger partial charge is 0.185 e. The molecule has 0 aliphatic carbocycles. The Kier molecular flexibility index (Phi) is 8.36. The second-order valence-corrected chi connectivity index (χ2v) is 2.53. The molecule has 0 aromatic carbocycles. The zero-order valence-corrected chi connectivity index (χ0v) is 8.02. The Bertz CT molecular complexity index is 169. The molecule has 5 heteroatoms. The minimum absolute atomic E-state index is 0.0302. The third kappa shape index (κ3) is 6.73. The lowest BCUT2D eigenvalue weighted by molar-refractivity contribution is -0.125. The van der Waals surface area contributed by atoms with Crippen molar-refractivity contribution in [3.8, 4) is 0 Å². The van der Waals surface area contributed by atoms with Gasteiger partial charge in [0.25, 0.3) is 0 Å². The van der Waals surface area contributed by atoms with Crippen LogP contribution in [0.15, 0.2) is 12.7 Å². The van der Waals surface area contributed by atoms with E-state index in [9.17, 15) is 4.79 Å². The van der Waals surface area contributed by atoms with Crippen molar-refractivity contribution in [3.63, 3.8) is 0 Å². The molecule has 14 heavy (non-hydrogen) atoms. The van der Waals surface area contributed by atoms with Crippen molar-refractivity contribution in [2.75, 3.05) is 33.0 Å². The molecule has 0 saturated carbocycles. The van der Waals surface area contributed by atoms with E-state index >= 15 is 0 Å². The highest BCUT2D eigenvalue weighted by Crippen LogP contribution is 1.89. The Hall–Kier alpha value is -0.750. The van der Waals surface area contributed by atoms with Crippen LogP contribution in [0.25, 0.3) is 0 Å². The minimum Gasteiger partial charge on any atom is -0.394 e. The number of carbonyl (C=O) groups is 1. The first kappa shape index (κ1) is 13.2. The molecule has 0 fully saturated rings. The molecular formula is C9H16O5. The summed E-state index contributed by atoms with van der Waals surface area (Å²) in [7, 11) is 0. The fourth-order valence-corrected chi connectivity index (χ4v) is 0.698.